The predicted molar refractivity (Wildman–Crippen MR) is 94.1 cm³/mol. The number of aromatic nitrogens is 1. The molecule has 0 aliphatic carbocycles. The smallest absolute Gasteiger partial charge is 0.345 e. The molecule has 0 saturated heterocycles. The normalized spacial score (nSPS) is 10.4. The summed E-state index contributed by atoms with van der Waals surface area (Å²) in [7, 11) is 1.23. The second-order valence-corrected chi connectivity index (χ2v) is 5.84. The van der Waals surface area contributed by atoms with Crippen molar-refractivity contribution in [3.63, 3.8) is 0 Å². The number of aromatic amines is 1. The first-order valence-corrected chi connectivity index (χ1v) is 7.90. The summed E-state index contributed by atoms with van der Waals surface area (Å²) in [6.07, 6.45) is 0. The first-order valence-electron chi connectivity index (χ1n) is 7.90. The lowest BCUT2D eigenvalue weighted by Gasteiger charge is -2.06. The zero-order valence-electron chi connectivity index (χ0n) is 15.2. The summed E-state index contributed by atoms with van der Waals surface area (Å²) in [5, 5.41) is 11.2. The van der Waals surface area contributed by atoms with E-state index >= 15 is 0 Å². The number of nitrogens with one attached hydrogen (secondary N) is 1. The van der Waals surface area contributed by atoms with Crippen molar-refractivity contribution in [1.82, 2.24) is 4.98 Å². The van der Waals surface area contributed by atoms with Crippen LogP contribution >= 0.6 is 0 Å². The molecule has 0 spiro atoms. The van der Waals surface area contributed by atoms with Gasteiger partial charge in [-0.25, -0.2) is 9.59 Å². The SMILES string of the molecule is COC(=O)c1c(C)[nH]c(C(=O)COC(=O)c2cccc(C)c2[N+](=O)[O-])c1C. The lowest BCUT2D eigenvalue weighted by atomic mass is 10.1. The summed E-state index contributed by atoms with van der Waals surface area (Å²) in [6.45, 7) is 4.04. The van der Waals surface area contributed by atoms with Crippen molar-refractivity contribution in [1.29, 1.82) is 0 Å². The van der Waals surface area contributed by atoms with Crippen LogP contribution in [0.5, 0.6) is 0 Å². The summed E-state index contributed by atoms with van der Waals surface area (Å²) >= 11 is 0. The number of para-hydroxylation sites is 1. The highest BCUT2D eigenvalue weighted by Gasteiger charge is 2.26. The van der Waals surface area contributed by atoms with E-state index in [4.69, 9.17) is 4.74 Å². The number of rotatable bonds is 6. The Kier molecular flexibility index (Phi) is 5.74. The number of nitro groups is 1. The molecule has 2 rings (SSSR count). The maximum atomic E-state index is 12.4. The fraction of sp³-hybridized carbons (Fsp3) is 0.278. The second-order valence-electron chi connectivity index (χ2n) is 5.84. The topological polar surface area (TPSA) is 129 Å². The molecule has 0 atom stereocenters. The Bertz CT molecular complexity index is 943. The number of benzene rings is 1. The van der Waals surface area contributed by atoms with Crippen LogP contribution in [-0.2, 0) is 9.47 Å². The highest BCUT2D eigenvalue weighted by atomic mass is 16.6. The van der Waals surface area contributed by atoms with Crippen LogP contribution in [0.3, 0.4) is 0 Å². The minimum Gasteiger partial charge on any atom is -0.465 e. The molecule has 0 saturated carbocycles. The Hall–Kier alpha value is -3.49. The molecule has 0 radical (unpaired) electrons. The van der Waals surface area contributed by atoms with Crippen LogP contribution in [0.25, 0.3) is 0 Å². The van der Waals surface area contributed by atoms with E-state index in [0.29, 0.717) is 16.8 Å². The van der Waals surface area contributed by atoms with Gasteiger partial charge in [-0.2, -0.15) is 0 Å². The molecule has 0 fully saturated rings. The third-order valence-corrected chi connectivity index (χ3v) is 4.08. The number of methoxy groups -OCH3 is 1. The first-order chi connectivity index (χ1) is 12.7. The number of hydrogen-bond donors (Lipinski definition) is 1. The van der Waals surface area contributed by atoms with Crippen LogP contribution in [0.1, 0.15) is 48.0 Å². The average molecular weight is 374 g/mol. The molecule has 0 aliphatic heterocycles. The number of nitro benzene ring substituents is 1. The van der Waals surface area contributed by atoms with Crippen LogP contribution < -0.4 is 0 Å². The number of carbonyl (C=O) groups excluding carboxylic acids is 3. The molecule has 1 aromatic heterocycles. The predicted octanol–water partition coefficient (Wildman–Crippen LogP) is 2.67. The minimum absolute atomic E-state index is 0.111. The third-order valence-electron chi connectivity index (χ3n) is 4.08. The van der Waals surface area contributed by atoms with Gasteiger partial charge in [0, 0.05) is 11.3 Å². The number of aryl methyl sites for hydroxylation is 2. The van der Waals surface area contributed by atoms with Crippen LogP contribution in [0, 0.1) is 30.9 Å². The maximum absolute atomic E-state index is 12.4. The Morgan fingerprint density at radius 3 is 2.41 bits per heavy atom. The van der Waals surface area contributed by atoms with E-state index in [0.717, 1.165) is 0 Å². The van der Waals surface area contributed by atoms with Crippen LogP contribution in [-0.4, -0.2) is 41.3 Å². The molecule has 9 nitrogen and oxygen atoms in total. The van der Waals surface area contributed by atoms with Gasteiger partial charge in [-0.1, -0.05) is 12.1 Å². The van der Waals surface area contributed by atoms with Gasteiger partial charge in [-0.05, 0) is 32.4 Å². The molecular formula is C18H18N2O7. The fourth-order valence-corrected chi connectivity index (χ4v) is 2.78. The van der Waals surface area contributed by atoms with Gasteiger partial charge >= 0.3 is 11.9 Å². The van der Waals surface area contributed by atoms with E-state index in [2.05, 4.69) is 9.72 Å². The van der Waals surface area contributed by atoms with Crippen molar-refractivity contribution in [3.05, 3.63) is 62.0 Å². The third kappa shape index (κ3) is 3.86. The lowest BCUT2D eigenvalue weighted by Crippen LogP contribution is -2.16. The highest BCUT2D eigenvalue weighted by Crippen LogP contribution is 2.24. The maximum Gasteiger partial charge on any atom is 0.345 e. The van der Waals surface area contributed by atoms with Gasteiger partial charge in [0.15, 0.2) is 6.61 Å². The molecular weight excluding hydrogens is 356 g/mol. The lowest BCUT2D eigenvalue weighted by molar-refractivity contribution is -0.385. The van der Waals surface area contributed by atoms with E-state index in [1.165, 1.54) is 32.2 Å². The van der Waals surface area contributed by atoms with E-state index < -0.39 is 29.3 Å². The van der Waals surface area contributed by atoms with Crippen molar-refractivity contribution in [2.24, 2.45) is 0 Å². The standard InChI is InChI=1S/C18H18N2O7/c1-9-6-5-7-12(16(9)20(24)25)17(22)27-8-13(21)15-10(2)14(11(3)19-15)18(23)26-4/h5-7,19H,8H2,1-4H3. The van der Waals surface area contributed by atoms with E-state index in [9.17, 15) is 24.5 Å². The van der Waals surface area contributed by atoms with Gasteiger partial charge in [-0.15, -0.1) is 0 Å². The molecule has 1 heterocycles. The molecule has 1 aromatic carbocycles. The van der Waals surface area contributed by atoms with Gasteiger partial charge in [0.2, 0.25) is 5.78 Å². The van der Waals surface area contributed by atoms with E-state index in [1.807, 2.05) is 0 Å². The molecule has 9 heteroatoms. The second kappa shape index (κ2) is 7.81. The van der Waals surface area contributed by atoms with Gasteiger partial charge in [0.25, 0.3) is 5.69 Å². The Morgan fingerprint density at radius 2 is 1.81 bits per heavy atom. The average Bonchev–Trinajstić information content (AvgIpc) is 2.92. The molecule has 27 heavy (non-hydrogen) atoms. The largest absolute Gasteiger partial charge is 0.465 e. The van der Waals surface area contributed by atoms with Gasteiger partial charge < -0.3 is 14.5 Å². The summed E-state index contributed by atoms with van der Waals surface area (Å²) in [4.78, 5) is 49.6. The Morgan fingerprint density at radius 1 is 1.15 bits per heavy atom. The zero-order valence-corrected chi connectivity index (χ0v) is 15.2. The summed E-state index contributed by atoms with van der Waals surface area (Å²) in [5.74, 6) is -2.14. The first kappa shape index (κ1) is 19.8. The Balaban J connectivity index is 2.20. The fourth-order valence-electron chi connectivity index (χ4n) is 2.78. The molecule has 2 aromatic rings. The molecule has 142 valence electrons. The highest BCUT2D eigenvalue weighted by molar-refractivity contribution is 6.03. The quantitative estimate of drug-likeness (QED) is 0.356. The number of carbonyl (C=O) groups is 3. The van der Waals surface area contributed by atoms with Crippen molar-refractivity contribution < 1.29 is 28.8 Å². The van der Waals surface area contributed by atoms with E-state index in [-0.39, 0.29) is 22.5 Å². The van der Waals surface area contributed by atoms with Crippen LogP contribution in [0.4, 0.5) is 5.69 Å². The molecule has 0 amide bonds. The van der Waals surface area contributed by atoms with Crippen molar-refractivity contribution in [2.75, 3.05) is 13.7 Å². The van der Waals surface area contributed by atoms with Crippen molar-refractivity contribution >= 4 is 23.4 Å². The number of Topliss-reactive ketones (excluding diaryl/α,β-unsaturated/α-hetero) is 1. The van der Waals surface area contributed by atoms with Gasteiger partial charge in [0.05, 0.1) is 23.3 Å². The summed E-state index contributed by atoms with van der Waals surface area (Å²) in [5.41, 5.74) is 0.878. The van der Waals surface area contributed by atoms with Crippen LogP contribution in [0.15, 0.2) is 18.2 Å². The van der Waals surface area contributed by atoms with Gasteiger partial charge in [0.1, 0.15) is 5.56 Å². The number of ether oxygens (including phenoxy) is 2. The minimum atomic E-state index is -0.979. The van der Waals surface area contributed by atoms with Crippen molar-refractivity contribution in [2.45, 2.75) is 20.8 Å². The van der Waals surface area contributed by atoms with E-state index in [1.54, 1.807) is 13.8 Å². The number of hydrogen-bond acceptors (Lipinski definition) is 7. The summed E-state index contributed by atoms with van der Waals surface area (Å²) in [6, 6.07) is 4.25. The molecule has 0 bridgehead atoms. The number of ketones is 1. The number of H-pyrrole nitrogens is 1. The molecule has 1 N–H and O–H groups in total. The van der Waals surface area contributed by atoms with Gasteiger partial charge in [-0.3, -0.25) is 14.9 Å². The van der Waals surface area contributed by atoms with Crippen molar-refractivity contribution in [3.8, 4) is 0 Å². The molecule has 0 unspecified atom stereocenters. The number of esters is 2. The molecule has 0 aliphatic rings. The summed E-state index contributed by atoms with van der Waals surface area (Å²) < 4.78 is 9.63. The Labute approximate surface area is 154 Å². The zero-order chi connectivity index (χ0) is 20.3. The number of nitrogens with zero attached hydrogens (tertiary/aromatic N) is 1. The monoisotopic (exact) mass is 374 g/mol. The van der Waals surface area contributed by atoms with Crippen LogP contribution in [0.2, 0.25) is 0 Å².